The number of hydrogen-bond acceptors (Lipinski definition) is 3. The van der Waals surface area contributed by atoms with Gasteiger partial charge in [0.2, 0.25) is 0 Å². The van der Waals surface area contributed by atoms with Crippen molar-refractivity contribution in [2.45, 2.75) is 32.4 Å². The van der Waals surface area contributed by atoms with Gasteiger partial charge in [-0.05, 0) is 30.5 Å². The molecule has 0 saturated carbocycles. The maximum atomic E-state index is 12.5. The lowest BCUT2D eigenvalue weighted by molar-refractivity contribution is -0.0872. The molecule has 0 unspecified atom stereocenters. The number of hydrogen-bond donors (Lipinski definition) is 1. The summed E-state index contributed by atoms with van der Waals surface area (Å²) in [6, 6.07) is 8.14. The first kappa shape index (κ1) is 17.5. The van der Waals surface area contributed by atoms with Gasteiger partial charge in [0.15, 0.2) is 0 Å². The summed E-state index contributed by atoms with van der Waals surface area (Å²) in [6.07, 6.45) is 4.72. The molecule has 1 N–H and O–H groups in total. The predicted molar refractivity (Wildman–Crippen MR) is 97.1 cm³/mol. The number of carbonyl (C=O) groups excluding carboxylic acids is 1. The molecular formula is C19H26N4O2. The van der Waals surface area contributed by atoms with E-state index in [4.69, 9.17) is 4.74 Å². The summed E-state index contributed by atoms with van der Waals surface area (Å²) in [5, 5.41) is 7.23. The Hall–Kier alpha value is -2.34. The minimum Gasteiger partial charge on any atom is -0.372 e. The van der Waals surface area contributed by atoms with E-state index in [9.17, 15) is 4.79 Å². The van der Waals surface area contributed by atoms with E-state index in [-0.39, 0.29) is 11.6 Å². The number of ether oxygens (including phenoxy) is 1. The molecule has 1 aromatic carbocycles. The zero-order valence-corrected chi connectivity index (χ0v) is 15.2. The first-order chi connectivity index (χ1) is 12.0. The molecule has 1 aromatic heterocycles. The fraction of sp³-hybridized carbons (Fsp3) is 0.474. The topological polar surface area (TPSA) is 59.4 Å². The Morgan fingerprint density at radius 2 is 2.24 bits per heavy atom. The lowest BCUT2D eigenvalue weighted by atomic mass is 10.0. The van der Waals surface area contributed by atoms with Gasteiger partial charge >= 0.3 is 6.03 Å². The molecular weight excluding hydrogens is 316 g/mol. The quantitative estimate of drug-likeness (QED) is 0.929. The second-order valence-corrected chi connectivity index (χ2v) is 6.84. The summed E-state index contributed by atoms with van der Waals surface area (Å²) in [5.41, 5.74) is 3.00. The zero-order valence-electron chi connectivity index (χ0n) is 15.2. The average Bonchev–Trinajstić information content (AvgIpc) is 3.06. The lowest BCUT2D eigenvalue weighted by Gasteiger charge is -2.39. The third kappa shape index (κ3) is 4.20. The SMILES string of the molecule is CC[C@]1(C)CN(C(=O)NCc2cccc(-c3cnn(C)c3)c2)CCO1. The molecule has 1 aliphatic heterocycles. The average molecular weight is 342 g/mol. The molecule has 0 bridgehead atoms. The number of aryl methyl sites for hydroxylation is 1. The minimum absolute atomic E-state index is 0.0326. The molecule has 0 spiro atoms. The maximum Gasteiger partial charge on any atom is 0.317 e. The van der Waals surface area contributed by atoms with Crippen molar-refractivity contribution in [2.24, 2.45) is 7.05 Å². The molecule has 2 aromatic rings. The second-order valence-electron chi connectivity index (χ2n) is 6.84. The third-order valence-corrected chi connectivity index (χ3v) is 4.78. The highest BCUT2D eigenvalue weighted by Gasteiger charge is 2.32. The number of urea groups is 1. The van der Waals surface area contributed by atoms with Gasteiger partial charge in [0.1, 0.15) is 0 Å². The second kappa shape index (κ2) is 7.27. The Morgan fingerprint density at radius 3 is 2.96 bits per heavy atom. The van der Waals surface area contributed by atoms with Crippen molar-refractivity contribution in [2.75, 3.05) is 19.7 Å². The summed E-state index contributed by atoms with van der Waals surface area (Å²) in [6.45, 7) is 6.51. The number of carbonyl (C=O) groups is 1. The van der Waals surface area contributed by atoms with E-state index in [0.29, 0.717) is 26.2 Å². The van der Waals surface area contributed by atoms with Crippen LogP contribution in [0, 0.1) is 0 Å². The van der Waals surface area contributed by atoms with Gasteiger partial charge in [-0.3, -0.25) is 4.68 Å². The van der Waals surface area contributed by atoms with Gasteiger partial charge < -0.3 is 15.0 Å². The molecule has 1 atom stereocenters. The van der Waals surface area contributed by atoms with E-state index in [2.05, 4.69) is 36.4 Å². The Balaban J connectivity index is 1.61. The summed E-state index contributed by atoms with van der Waals surface area (Å²) in [4.78, 5) is 14.3. The Labute approximate surface area is 148 Å². The summed E-state index contributed by atoms with van der Waals surface area (Å²) >= 11 is 0. The van der Waals surface area contributed by atoms with Gasteiger partial charge in [0.25, 0.3) is 0 Å². The number of amides is 2. The van der Waals surface area contributed by atoms with Crippen LogP contribution in [0.15, 0.2) is 36.7 Å². The van der Waals surface area contributed by atoms with Crippen LogP contribution in [-0.4, -0.2) is 46.0 Å². The number of nitrogens with one attached hydrogen (secondary N) is 1. The van der Waals surface area contributed by atoms with Crippen molar-refractivity contribution in [3.63, 3.8) is 0 Å². The van der Waals surface area contributed by atoms with Crippen LogP contribution in [-0.2, 0) is 18.3 Å². The minimum atomic E-state index is -0.240. The highest BCUT2D eigenvalue weighted by Crippen LogP contribution is 2.21. The summed E-state index contributed by atoms with van der Waals surface area (Å²) < 4.78 is 7.58. The molecule has 134 valence electrons. The zero-order chi connectivity index (χ0) is 17.9. The van der Waals surface area contributed by atoms with E-state index in [1.165, 1.54) is 0 Å². The molecule has 0 aliphatic carbocycles. The Morgan fingerprint density at radius 1 is 1.40 bits per heavy atom. The van der Waals surface area contributed by atoms with E-state index < -0.39 is 0 Å². The van der Waals surface area contributed by atoms with Gasteiger partial charge in [-0.1, -0.05) is 25.1 Å². The molecule has 1 fully saturated rings. The van der Waals surface area contributed by atoms with Crippen LogP contribution in [0.3, 0.4) is 0 Å². The van der Waals surface area contributed by atoms with Crippen molar-refractivity contribution in [1.29, 1.82) is 0 Å². The van der Waals surface area contributed by atoms with Crippen LogP contribution in [0.5, 0.6) is 0 Å². The monoisotopic (exact) mass is 342 g/mol. The van der Waals surface area contributed by atoms with E-state index in [0.717, 1.165) is 23.1 Å². The van der Waals surface area contributed by atoms with Gasteiger partial charge in [0, 0.05) is 31.9 Å². The molecule has 6 nitrogen and oxygen atoms in total. The van der Waals surface area contributed by atoms with Crippen LogP contribution in [0.25, 0.3) is 11.1 Å². The summed E-state index contributed by atoms with van der Waals surface area (Å²) in [7, 11) is 1.90. The Kier molecular flexibility index (Phi) is 5.08. The highest BCUT2D eigenvalue weighted by molar-refractivity contribution is 5.74. The molecule has 0 radical (unpaired) electrons. The van der Waals surface area contributed by atoms with Gasteiger partial charge in [-0.25, -0.2) is 4.79 Å². The molecule has 2 amide bonds. The van der Waals surface area contributed by atoms with Gasteiger partial charge in [-0.2, -0.15) is 5.10 Å². The molecule has 6 heteroatoms. The van der Waals surface area contributed by atoms with Crippen LogP contribution in [0.1, 0.15) is 25.8 Å². The van der Waals surface area contributed by atoms with Crippen LogP contribution in [0.2, 0.25) is 0 Å². The smallest absolute Gasteiger partial charge is 0.317 e. The van der Waals surface area contributed by atoms with Crippen LogP contribution >= 0.6 is 0 Å². The van der Waals surface area contributed by atoms with E-state index in [1.54, 1.807) is 4.68 Å². The van der Waals surface area contributed by atoms with Crippen LogP contribution < -0.4 is 5.32 Å². The number of aromatic nitrogens is 2. The van der Waals surface area contributed by atoms with Crippen molar-refractivity contribution in [3.05, 3.63) is 42.2 Å². The van der Waals surface area contributed by atoms with Crippen molar-refractivity contribution in [3.8, 4) is 11.1 Å². The Bertz CT molecular complexity index is 743. The normalized spacial score (nSPS) is 20.5. The fourth-order valence-corrected chi connectivity index (χ4v) is 3.04. The molecule has 25 heavy (non-hydrogen) atoms. The molecule has 2 heterocycles. The lowest BCUT2D eigenvalue weighted by Crippen LogP contribution is -2.54. The third-order valence-electron chi connectivity index (χ3n) is 4.78. The van der Waals surface area contributed by atoms with E-state index in [1.807, 2.05) is 36.5 Å². The largest absolute Gasteiger partial charge is 0.372 e. The fourth-order valence-electron chi connectivity index (χ4n) is 3.04. The van der Waals surface area contributed by atoms with Gasteiger partial charge in [0.05, 0.1) is 24.9 Å². The maximum absolute atomic E-state index is 12.5. The first-order valence-corrected chi connectivity index (χ1v) is 8.74. The number of rotatable bonds is 4. The first-order valence-electron chi connectivity index (χ1n) is 8.74. The highest BCUT2D eigenvalue weighted by atomic mass is 16.5. The standard InChI is InChI=1S/C19H26N4O2/c1-4-19(2)14-23(8-9-25-19)18(24)20-11-15-6-5-7-16(10-15)17-12-21-22(3)13-17/h5-7,10,12-13H,4,8-9,11,14H2,1-3H3,(H,20,24)/t19-/m1/s1. The van der Waals surface area contributed by atoms with Crippen molar-refractivity contribution >= 4 is 6.03 Å². The van der Waals surface area contributed by atoms with Crippen LogP contribution in [0.4, 0.5) is 4.79 Å². The molecule has 1 saturated heterocycles. The van der Waals surface area contributed by atoms with Crippen molar-refractivity contribution in [1.82, 2.24) is 20.0 Å². The van der Waals surface area contributed by atoms with Crippen molar-refractivity contribution < 1.29 is 9.53 Å². The molecule has 3 rings (SSSR count). The molecule has 1 aliphatic rings. The van der Waals surface area contributed by atoms with Gasteiger partial charge in [-0.15, -0.1) is 0 Å². The summed E-state index contributed by atoms with van der Waals surface area (Å²) in [5.74, 6) is 0. The number of morpholine rings is 1. The number of nitrogens with zero attached hydrogens (tertiary/aromatic N) is 3. The number of benzene rings is 1. The van der Waals surface area contributed by atoms with E-state index >= 15 is 0 Å². The predicted octanol–water partition coefficient (Wildman–Crippen LogP) is 2.80.